The third kappa shape index (κ3) is 3.37. The molecule has 0 unspecified atom stereocenters. The second kappa shape index (κ2) is 6.07. The van der Waals surface area contributed by atoms with Crippen LogP contribution >= 0.6 is 0 Å². The lowest BCUT2D eigenvalue weighted by Gasteiger charge is -2.33. The zero-order valence-electron chi connectivity index (χ0n) is 15.2. The Morgan fingerprint density at radius 1 is 1.25 bits per heavy atom. The maximum atomic E-state index is 12.2. The van der Waals surface area contributed by atoms with E-state index in [9.17, 15) is 4.79 Å². The minimum absolute atomic E-state index is 0.216. The Morgan fingerprint density at radius 2 is 1.92 bits per heavy atom. The van der Waals surface area contributed by atoms with Crippen LogP contribution in [-0.2, 0) is 4.74 Å². The van der Waals surface area contributed by atoms with Crippen LogP contribution in [0.3, 0.4) is 0 Å². The summed E-state index contributed by atoms with van der Waals surface area (Å²) in [6, 6.07) is 2.12. The number of hydrogen-bond donors (Lipinski definition) is 0. The highest BCUT2D eigenvalue weighted by Crippen LogP contribution is 2.28. The quantitative estimate of drug-likeness (QED) is 0.803. The van der Waals surface area contributed by atoms with Gasteiger partial charge < -0.3 is 9.64 Å². The van der Waals surface area contributed by atoms with E-state index in [4.69, 9.17) is 9.72 Å². The summed E-state index contributed by atoms with van der Waals surface area (Å²) in [5.41, 5.74) is 3.77. The molecule has 1 amide bonds. The molecule has 1 fully saturated rings. The molecule has 3 heterocycles. The van der Waals surface area contributed by atoms with Crippen molar-refractivity contribution in [1.29, 1.82) is 0 Å². The van der Waals surface area contributed by atoms with E-state index in [1.165, 1.54) is 0 Å². The van der Waals surface area contributed by atoms with Crippen molar-refractivity contribution >= 4 is 11.7 Å². The van der Waals surface area contributed by atoms with Gasteiger partial charge in [-0.1, -0.05) is 0 Å². The van der Waals surface area contributed by atoms with Crippen molar-refractivity contribution in [1.82, 2.24) is 19.5 Å². The Labute approximate surface area is 142 Å². The van der Waals surface area contributed by atoms with Gasteiger partial charge in [0.05, 0.1) is 6.20 Å². The maximum absolute atomic E-state index is 12.2. The van der Waals surface area contributed by atoms with Crippen LogP contribution in [0.4, 0.5) is 4.79 Å². The van der Waals surface area contributed by atoms with Crippen molar-refractivity contribution in [2.24, 2.45) is 0 Å². The molecule has 1 aliphatic heterocycles. The monoisotopic (exact) mass is 330 g/mol. The number of carbonyl (C=O) groups is 1. The first-order valence-corrected chi connectivity index (χ1v) is 8.54. The van der Waals surface area contributed by atoms with Crippen LogP contribution in [0, 0.1) is 13.8 Å². The standard InChI is InChI=1S/C18H26N4O2/c1-12-11-19-22-13(2)10-15(20-16(12)22)14-6-8-21(9-7-14)17(23)24-18(3,4)5/h10-11,14H,6-9H2,1-5H3. The first-order chi connectivity index (χ1) is 11.2. The van der Waals surface area contributed by atoms with Crippen LogP contribution in [0.5, 0.6) is 0 Å². The summed E-state index contributed by atoms with van der Waals surface area (Å²) in [6.45, 7) is 11.2. The van der Waals surface area contributed by atoms with E-state index in [0.29, 0.717) is 19.0 Å². The molecule has 130 valence electrons. The number of amides is 1. The normalized spacial score (nSPS) is 16.6. The number of piperidine rings is 1. The summed E-state index contributed by atoms with van der Waals surface area (Å²) in [4.78, 5) is 18.8. The van der Waals surface area contributed by atoms with E-state index in [1.807, 2.05) is 38.4 Å². The van der Waals surface area contributed by atoms with E-state index in [1.54, 1.807) is 4.90 Å². The highest BCUT2D eigenvalue weighted by atomic mass is 16.6. The number of nitrogens with zero attached hydrogens (tertiary/aromatic N) is 4. The number of fused-ring (bicyclic) bond motifs is 1. The molecule has 0 aliphatic carbocycles. The maximum Gasteiger partial charge on any atom is 0.410 e. The Morgan fingerprint density at radius 3 is 2.54 bits per heavy atom. The van der Waals surface area contributed by atoms with Gasteiger partial charge in [0.1, 0.15) is 5.60 Å². The zero-order chi connectivity index (χ0) is 17.5. The second-order valence-corrected chi connectivity index (χ2v) is 7.63. The summed E-state index contributed by atoms with van der Waals surface area (Å²) in [5, 5.41) is 4.36. The average molecular weight is 330 g/mol. The minimum atomic E-state index is -0.447. The Kier molecular flexibility index (Phi) is 4.24. The molecule has 0 N–H and O–H groups in total. The molecule has 6 nitrogen and oxygen atoms in total. The number of aryl methyl sites for hydroxylation is 2. The fourth-order valence-corrected chi connectivity index (χ4v) is 3.14. The SMILES string of the molecule is Cc1cnn2c(C)cc(C3CCN(C(=O)OC(C)(C)C)CC3)nc12. The van der Waals surface area contributed by atoms with Gasteiger partial charge in [-0.2, -0.15) is 5.10 Å². The molecule has 1 saturated heterocycles. The number of rotatable bonds is 1. The van der Waals surface area contributed by atoms with Crippen molar-refractivity contribution in [3.8, 4) is 0 Å². The molecule has 6 heteroatoms. The average Bonchev–Trinajstić information content (AvgIpc) is 2.88. The smallest absolute Gasteiger partial charge is 0.410 e. The molecule has 2 aromatic rings. The summed E-state index contributed by atoms with van der Waals surface area (Å²) in [6.07, 6.45) is 3.46. The predicted octanol–water partition coefficient (Wildman–Crippen LogP) is 3.46. The summed E-state index contributed by atoms with van der Waals surface area (Å²) in [5.74, 6) is 0.377. The Balaban J connectivity index is 1.71. The molecule has 3 rings (SSSR count). The molecule has 24 heavy (non-hydrogen) atoms. The van der Waals surface area contributed by atoms with Gasteiger partial charge in [0, 0.05) is 36.0 Å². The van der Waals surface area contributed by atoms with Gasteiger partial charge in [0.25, 0.3) is 0 Å². The Bertz CT molecular complexity index is 752. The highest BCUT2D eigenvalue weighted by Gasteiger charge is 2.28. The van der Waals surface area contributed by atoms with E-state index in [-0.39, 0.29) is 6.09 Å². The molecular weight excluding hydrogens is 304 g/mol. The van der Waals surface area contributed by atoms with Crippen molar-refractivity contribution < 1.29 is 9.53 Å². The van der Waals surface area contributed by atoms with Gasteiger partial charge in [-0.15, -0.1) is 0 Å². The molecule has 0 bridgehead atoms. The number of aromatic nitrogens is 3. The van der Waals surface area contributed by atoms with E-state index in [2.05, 4.69) is 18.1 Å². The zero-order valence-corrected chi connectivity index (χ0v) is 15.2. The van der Waals surface area contributed by atoms with Crippen LogP contribution < -0.4 is 0 Å². The van der Waals surface area contributed by atoms with Crippen molar-refractivity contribution in [2.45, 2.75) is 59.0 Å². The Hall–Kier alpha value is -2.11. The van der Waals surface area contributed by atoms with Gasteiger partial charge in [0.15, 0.2) is 5.65 Å². The topological polar surface area (TPSA) is 59.7 Å². The molecule has 0 spiro atoms. The minimum Gasteiger partial charge on any atom is -0.444 e. The fraction of sp³-hybridized carbons (Fsp3) is 0.611. The van der Waals surface area contributed by atoms with Crippen LogP contribution in [0.1, 0.15) is 56.5 Å². The van der Waals surface area contributed by atoms with Gasteiger partial charge in [-0.25, -0.2) is 14.3 Å². The van der Waals surface area contributed by atoms with Gasteiger partial charge in [0.2, 0.25) is 0 Å². The largest absolute Gasteiger partial charge is 0.444 e. The fourth-order valence-electron chi connectivity index (χ4n) is 3.14. The summed E-state index contributed by atoms with van der Waals surface area (Å²) in [7, 11) is 0. The van der Waals surface area contributed by atoms with Crippen LogP contribution in [0.25, 0.3) is 5.65 Å². The number of carbonyl (C=O) groups excluding carboxylic acids is 1. The van der Waals surface area contributed by atoms with Crippen molar-refractivity contribution in [3.63, 3.8) is 0 Å². The summed E-state index contributed by atoms with van der Waals surface area (Å²) >= 11 is 0. The molecule has 0 aromatic carbocycles. The van der Waals surface area contributed by atoms with Crippen LogP contribution in [0.2, 0.25) is 0 Å². The summed E-state index contributed by atoms with van der Waals surface area (Å²) < 4.78 is 7.34. The van der Waals surface area contributed by atoms with Crippen LogP contribution in [0.15, 0.2) is 12.3 Å². The third-order valence-electron chi connectivity index (χ3n) is 4.41. The molecule has 0 saturated carbocycles. The van der Waals surface area contributed by atoms with Gasteiger partial charge in [-0.3, -0.25) is 0 Å². The third-order valence-corrected chi connectivity index (χ3v) is 4.41. The number of ether oxygens (including phenoxy) is 1. The predicted molar refractivity (Wildman–Crippen MR) is 92.2 cm³/mol. The van der Waals surface area contributed by atoms with E-state index >= 15 is 0 Å². The van der Waals surface area contributed by atoms with Gasteiger partial charge in [-0.05, 0) is 53.5 Å². The first-order valence-electron chi connectivity index (χ1n) is 8.54. The van der Waals surface area contributed by atoms with Gasteiger partial charge >= 0.3 is 6.09 Å². The van der Waals surface area contributed by atoms with Crippen LogP contribution in [-0.4, -0.2) is 44.3 Å². The molecular formula is C18H26N4O2. The van der Waals surface area contributed by atoms with Crippen molar-refractivity contribution in [2.75, 3.05) is 13.1 Å². The van der Waals surface area contributed by atoms with E-state index in [0.717, 1.165) is 35.4 Å². The van der Waals surface area contributed by atoms with Crippen molar-refractivity contribution in [3.05, 3.63) is 29.2 Å². The number of likely N-dealkylation sites (tertiary alicyclic amines) is 1. The molecule has 0 radical (unpaired) electrons. The number of hydrogen-bond acceptors (Lipinski definition) is 4. The first kappa shape index (κ1) is 16.7. The lowest BCUT2D eigenvalue weighted by molar-refractivity contribution is 0.0204. The molecule has 0 atom stereocenters. The molecule has 2 aromatic heterocycles. The lowest BCUT2D eigenvalue weighted by atomic mass is 9.93. The highest BCUT2D eigenvalue weighted by molar-refractivity contribution is 5.68. The van der Waals surface area contributed by atoms with E-state index < -0.39 is 5.60 Å². The second-order valence-electron chi connectivity index (χ2n) is 7.63. The lowest BCUT2D eigenvalue weighted by Crippen LogP contribution is -2.41. The molecule has 1 aliphatic rings.